The second kappa shape index (κ2) is 3.69. The van der Waals surface area contributed by atoms with E-state index in [0.29, 0.717) is 12.8 Å². The Morgan fingerprint density at radius 2 is 2.15 bits per heavy atom. The number of carbonyl (C=O) groups is 1. The van der Waals surface area contributed by atoms with Crippen LogP contribution < -0.4 is 5.73 Å². The van der Waals surface area contributed by atoms with Gasteiger partial charge < -0.3 is 10.8 Å². The molecular formula is C7H12N2O4. The van der Waals surface area contributed by atoms with Crippen molar-refractivity contribution in [3.05, 3.63) is 10.1 Å². The first-order valence-electron chi connectivity index (χ1n) is 4.14. The highest BCUT2D eigenvalue weighted by Gasteiger charge is 2.37. The summed E-state index contributed by atoms with van der Waals surface area (Å²) in [6.45, 7) is 0. The van der Waals surface area contributed by atoms with E-state index in [1.165, 1.54) is 0 Å². The van der Waals surface area contributed by atoms with Crippen LogP contribution >= 0.6 is 0 Å². The van der Waals surface area contributed by atoms with Gasteiger partial charge in [-0.3, -0.25) is 14.9 Å². The van der Waals surface area contributed by atoms with Crippen LogP contribution in [0, 0.1) is 16.0 Å². The van der Waals surface area contributed by atoms with Crippen molar-refractivity contribution in [1.82, 2.24) is 0 Å². The Kier molecular flexibility index (Phi) is 2.82. The summed E-state index contributed by atoms with van der Waals surface area (Å²) >= 11 is 0. The van der Waals surface area contributed by atoms with E-state index in [-0.39, 0.29) is 11.3 Å². The summed E-state index contributed by atoms with van der Waals surface area (Å²) in [5.74, 6) is -1.56. The first-order chi connectivity index (χ1) is 6.02. The van der Waals surface area contributed by atoms with Gasteiger partial charge in [0.1, 0.15) is 0 Å². The molecule has 0 heterocycles. The molecule has 0 saturated heterocycles. The van der Waals surface area contributed by atoms with Gasteiger partial charge in [-0.2, -0.15) is 0 Å². The van der Waals surface area contributed by atoms with Crippen molar-refractivity contribution >= 4 is 5.97 Å². The van der Waals surface area contributed by atoms with Gasteiger partial charge in [-0.25, -0.2) is 0 Å². The molecule has 6 nitrogen and oxygen atoms in total. The fourth-order valence-electron chi connectivity index (χ4n) is 1.68. The van der Waals surface area contributed by atoms with Crippen molar-refractivity contribution in [3.63, 3.8) is 0 Å². The molecule has 13 heavy (non-hydrogen) atoms. The summed E-state index contributed by atoms with van der Waals surface area (Å²) < 4.78 is 0. The summed E-state index contributed by atoms with van der Waals surface area (Å²) in [7, 11) is 0. The Hall–Kier alpha value is -1.17. The highest BCUT2D eigenvalue weighted by Crippen LogP contribution is 2.25. The first kappa shape index (κ1) is 9.91. The predicted octanol–water partition coefficient (Wildman–Crippen LogP) is -0.156. The lowest BCUT2D eigenvalue weighted by Crippen LogP contribution is -2.44. The number of nitro groups is 1. The third-order valence-electron chi connectivity index (χ3n) is 2.49. The van der Waals surface area contributed by atoms with E-state index in [0.717, 1.165) is 0 Å². The molecule has 0 spiro atoms. The number of nitrogens with zero attached hydrogens (tertiary/aromatic N) is 1. The fourth-order valence-corrected chi connectivity index (χ4v) is 1.68. The van der Waals surface area contributed by atoms with Crippen LogP contribution in [0.25, 0.3) is 0 Å². The minimum absolute atomic E-state index is 0.171. The minimum Gasteiger partial charge on any atom is -0.481 e. The smallest absolute Gasteiger partial charge is 0.308 e. The average molecular weight is 188 g/mol. The Bertz CT molecular complexity index is 231. The standard InChI is InChI=1S/C7H12N2O4/c8-6-3-4(9(12)13)1-2-5(6)7(10)11/h4-6H,1-3,8H2,(H,10,11). The number of hydrogen-bond acceptors (Lipinski definition) is 4. The molecule has 0 radical (unpaired) electrons. The minimum atomic E-state index is -0.950. The summed E-state index contributed by atoms with van der Waals surface area (Å²) in [5.41, 5.74) is 5.52. The topological polar surface area (TPSA) is 106 Å². The molecule has 1 fully saturated rings. The third-order valence-corrected chi connectivity index (χ3v) is 2.49. The number of carboxylic acids is 1. The number of carboxylic acid groups (broad SMARTS) is 1. The molecule has 0 aromatic heterocycles. The highest BCUT2D eigenvalue weighted by atomic mass is 16.6. The Balaban J connectivity index is 2.56. The zero-order chi connectivity index (χ0) is 10.0. The number of rotatable bonds is 2. The molecule has 74 valence electrons. The normalized spacial score (nSPS) is 34.1. The monoisotopic (exact) mass is 188 g/mol. The van der Waals surface area contributed by atoms with Crippen LogP contribution in [0.2, 0.25) is 0 Å². The summed E-state index contributed by atoms with van der Waals surface area (Å²) in [6.07, 6.45) is 0.795. The molecule has 0 aromatic rings. The van der Waals surface area contributed by atoms with Gasteiger partial charge in [0.15, 0.2) is 0 Å². The number of nitrogens with two attached hydrogens (primary N) is 1. The lowest BCUT2D eigenvalue weighted by Gasteiger charge is -2.26. The van der Waals surface area contributed by atoms with Gasteiger partial charge in [0, 0.05) is 23.8 Å². The van der Waals surface area contributed by atoms with Gasteiger partial charge >= 0.3 is 5.97 Å². The molecule has 1 saturated carbocycles. The molecule has 1 rings (SSSR count). The van der Waals surface area contributed by atoms with E-state index in [4.69, 9.17) is 10.8 Å². The summed E-state index contributed by atoms with van der Waals surface area (Å²) in [4.78, 5) is 20.6. The van der Waals surface area contributed by atoms with E-state index >= 15 is 0 Å². The van der Waals surface area contributed by atoms with Gasteiger partial charge in [-0.1, -0.05) is 0 Å². The summed E-state index contributed by atoms with van der Waals surface area (Å²) in [5, 5.41) is 19.1. The molecule has 0 aliphatic heterocycles. The van der Waals surface area contributed by atoms with Gasteiger partial charge in [-0.05, 0) is 6.42 Å². The highest BCUT2D eigenvalue weighted by molar-refractivity contribution is 5.71. The molecule has 3 atom stereocenters. The first-order valence-corrected chi connectivity index (χ1v) is 4.14. The van der Waals surface area contributed by atoms with E-state index in [9.17, 15) is 14.9 Å². The fraction of sp³-hybridized carbons (Fsp3) is 0.857. The maximum absolute atomic E-state index is 10.6. The SMILES string of the molecule is NC1CC([N+](=O)[O-])CCC1C(=O)O. The molecule has 0 bridgehead atoms. The zero-order valence-corrected chi connectivity index (χ0v) is 7.05. The van der Waals surface area contributed by atoms with Crippen LogP contribution in [-0.4, -0.2) is 28.1 Å². The van der Waals surface area contributed by atoms with Gasteiger partial charge in [0.2, 0.25) is 6.04 Å². The van der Waals surface area contributed by atoms with E-state index in [2.05, 4.69) is 0 Å². The lowest BCUT2D eigenvalue weighted by atomic mass is 9.82. The third kappa shape index (κ3) is 2.15. The van der Waals surface area contributed by atoms with Crippen molar-refractivity contribution in [3.8, 4) is 0 Å². The van der Waals surface area contributed by atoms with E-state index in [1.807, 2.05) is 0 Å². The lowest BCUT2D eigenvalue weighted by molar-refractivity contribution is -0.527. The van der Waals surface area contributed by atoms with Gasteiger partial charge in [0.25, 0.3) is 0 Å². The molecule has 3 unspecified atom stereocenters. The molecule has 3 N–H and O–H groups in total. The molecular weight excluding hydrogens is 176 g/mol. The Labute approximate surface area is 74.9 Å². The second-order valence-electron chi connectivity index (χ2n) is 3.36. The van der Waals surface area contributed by atoms with Crippen LogP contribution in [0.3, 0.4) is 0 Å². The molecule has 1 aliphatic carbocycles. The van der Waals surface area contributed by atoms with Crippen molar-refractivity contribution < 1.29 is 14.8 Å². The molecule has 0 aromatic carbocycles. The van der Waals surface area contributed by atoms with Crippen molar-refractivity contribution in [2.24, 2.45) is 11.7 Å². The second-order valence-corrected chi connectivity index (χ2v) is 3.36. The quantitative estimate of drug-likeness (QED) is 0.462. The zero-order valence-electron chi connectivity index (χ0n) is 7.05. The van der Waals surface area contributed by atoms with Gasteiger partial charge in [-0.15, -0.1) is 0 Å². The summed E-state index contributed by atoms with van der Waals surface area (Å²) in [6, 6.07) is -1.24. The average Bonchev–Trinajstić information content (AvgIpc) is 2.03. The van der Waals surface area contributed by atoms with Crippen molar-refractivity contribution in [2.45, 2.75) is 31.3 Å². The van der Waals surface area contributed by atoms with E-state index in [1.54, 1.807) is 0 Å². The van der Waals surface area contributed by atoms with Crippen molar-refractivity contribution in [1.29, 1.82) is 0 Å². The van der Waals surface area contributed by atoms with Crippen LogP contribution in [-0.2, 0) is 4.79 Å². The van der Waals surface area contributed by atoms with Crippen LogP contribution in [0.1, 0.15) is 19.3 Å². The number of hydrogen-bond donors (Lipinski definition) is 2. The molecule has 6 heteroatoms. The maximum Gasteiger partial charge on any atom is 0.308 e. The Morgan fingerprint density at radius 1 is 1.54 bits per heavy atom. The maximum atomic E-state index is 10.6. The predicted molar refractivity (Wildman–Crippen MR) is 43.7 cm³/mol. The van der Waals surface area contributed by atoms with Crippen molar-refractivity contribution in [2.75, 3.05) is 0 Å². The van der Waals surface area contributed by atoms with E-state index < -0.39 is 24.0 Å². The van der Waals surface area contributed by atoms with Crippen LogP contribution in [0.15, 0.2) is 0 Å². The van der Waals surface area contributed by atoms with Crippen LogP contribution in [0.4, 0.5) is 0 Å². The van der Waals surface area contributed by atoms with Gasteiger partial charge in [0.05, 0.1) is 5.92 Å². The number of aliphatic carboxylic acids is 1. The Morgan fingerprint density at radius 3 is 2.54 bits per heavy atom. The molecule has 1 aliphatic rings. The largest absolute Gasteiger partial charge is 0.481 e. The van der Waals surface area contributed by atoms with Crippen LogP contribution in [0.5, 0.6) is 0 Å². The molecule has 0 amide bonds.